The molecule has 0 unspecified atom stereocenters. The third kappa shape index (κ3) is 7.66. The molecule has 0 radical (unpaired) electrons. The summed E-state index contributed by atoms with van der Waals surface area (Å²) >= 11 is 0. The molecule has 0 aromatic heterocycles. The number of benzene rings is 1. The molecule has 1 aromatic rings. The molecule has 24 heavy (non-hydrogen) atoms. The Morgan fingerprint density at radius 3 is 2.42 bits per heavy atom. The van der Waals surface area contributed by atoms with Crippen LogP contribution in [0.5, 0.6) is 5.75 Å². The van der Waals surface area contributed by atoms with Crippen LogP contribution in [0, 0.1) is 0 Å². The molecule has 0 aliphatic heterocycles. The largest absolute Gasteiger partial charge is 0.497 e. The molecule has 0 atom stereocenters. The van der Waals surface area contributed by atoms with E-state index in [2.05, 4.69) is 39.3 Å². The second-order valence-electron chi connectivity index (χ2n) is 5.83. The summed E-state index contributed by atoms with van der Waals surface area (Å²) in [5, 5.41) is 3.42. The molecule has 0 aliphatic carbocycles. The van der Waals surface area contributed by atoms with Gasteiger partial charge in [0, 0.05) is 40.8 Å². The molecule has 0 saturated heterocycles. The van der Waals surface area contributed by atoms with Gasteiger partial charge in [0.25, 0.3) is 0 Å². The molecule has 6 heteroatoms. The smallest absolute Gasteiger partial charge is 0.193 e. The number of ether oxygens (including phenoxy) is 2. The third-order valence-corrected chi connectivity index (χ3v) is 3.83. The van der Waals surface area contributed by atoms with Gasteiger partial charge in [-0.3, -0.25) is 4.99 Å². The maximum Gasteiger partial charge on any atom is 0.193 e. The van der Waals surface area contributed by atoms with Gasteiger partial charge in [0.05, 0.1) is 13.7 Å². The molecule has 1 N–H and O–H groups in total. The van der Waals surface area contributed by atoms with E-state index in [4.69, 9.17) is 9.47 Å². The van der Waals surface area contributed by atoms with Crippen molar-refractivity contribution in [1.29, 1.82) is 0 Å². The number of aliphatic imine (C=N–C) groups is 1. The molecule has 0 amide bonds. The van der Waals surface area contributed by atoms with E-state index in [1.807, 2.05) is 26.2 Å². The van der Waals surface area contributed by atoms with Crippen molar-refractivity contribution in [1.82, 2.24) is 15.1 Å². The van der Waals surface area contributed by atoms with Crippen LogP contribution in [0.25, 0.3) is 0 Å². The Kier molecular flexibility index (Phi) is 9.88. The van der Waals surface area contributed by atoms with Gasteiger partial charge in [0.2, 0.25) is 0 Å². The lowest BCUT2D eigenvalue weighted by Crippen LogP contribution is -2.39. The second-order valence-corrected chi connectivity index (χ2v) is 5.83. The minimum Gasteiger partial charge on any atom is -0.497 e. The Hall–Kier alpha value is -1.79. The number of rotatable bonds is 10. The van der Waals surface area contributed by atoms with Gasteiger partial charge in [-0.1, -0.05) is 12.1 Å². The molecular formula is C18H32N4O2. The van der Waals surface area contributed by atoms with Crippen LogP contribution in [0.4, 0.5) is 0 Å². The van der Waals surface area contributed by atoms with Crippen LogP contribution >= 0.6 is 0 Å². The van der Waals surface area contributed by atoms with Crippen LogP contribution in [-0.4, -0.2) is 77.4 Å². The van der Waals surface area contributed by atoms with Gasteiger partial charge in [0.1, 0.15) is 5.75 Å². The van der Waals surface area contributed by atoms with E-state index >= 15 is 0 Å². The summed E-state index contributed by atoms with van der Waals surface area (Å²) in [5.41, 5.74) is 1.22. The van der Waals surface area contributed by atoms with Crippen molar-refractivity contribution in [2.24, 2.45) is 4.99 Å². The quantitative estimate of drug-likeness (QED) is 0.400. The highest BCUT2D eigenvalue weighted by molar-refractivity contribution is 5.79. The highest BCUT2D eigenvalue weighted by Gasteiger charge is 2.06. The molecule has 6 nitrogen and oxygen atoms in total. The van der Waals surface area contributed by atoms with Gasteiger partial charge in [0.15, 0.2) is 5.96 Å². The van der Waals surface area contributed by atoms with Gasteiger partial charge >= 0.3 is 0 Å². The van der Waals surface area contributed by atoms with Crippen LogP contribution < -0.4 is 10.1 Å². The summed E-state index contributed by atoms with van der Waals surface area (Å²) in [7, 11) is 9.39. The number of likely N-dealkylation sites (N-methyl/N-ethyl adjacent to an activating group) is 1. The van der Waals surface area contributed by atoms with Crippen LogP contribution in [0.15, 0.2) is 29.3 Å². The maximum absolute atomic E-state index is 5.19. The molecule has 0 heterocycles. The van der Waals surface area contributed by atoms with Gasteiger partial charge in [-0.2, -0.15) is 0 Å². The van der Waals surface area contributed by atoms with E-state index in [9.17, 15) is 0 Å². The van der Waals surface area contributed by atoms with E-state index in [0.29, 0.717) is 0 Å². The van der Waals surface area contributed by atoms with E-state index in [1.54, 1.807) is 14.2 Å². The van der Waals surface area contributed by atoms with Gasteiger partial charge in [-0.05, 0) is 37.7 Å². The number of hydrogen-bond acceptors (Lipinski definition) is 4. The first-order valence-corrected chi connectivity index (χ1v) is 8.33. The molecule has 0 aliphatic rings. The van der Waals surface area contributed by atoms with Crippen molar-refractivity contribution in [2.75, 3.05) is 61.6 Å². The summed E-state index contributed by atoms with van der Waals surface area (Å²) in [6.07, 6.45) is 1.07. The summed E-state index contributed by atoms with van der Waals surface area (Å²) in [6.45, 7) is 4.47. The molecule has 1 aromatic carbocycles. The Morgan fingerprint density at radius 2 is 1.83 bits per heavy atom. The van der Waals surface area contributed by atoms with Crippen LogP contribution in [0.3, 0.4) is 0 Å². The van der Waals surface area contributed by atoms with Gasteiger partial charge in [-0.25, -0.2) is 0 Å². The minimum absolute atomic E-state index is 0.774. The minimum atomic E-state index is 0.774. The molecule has 136 valence electrons. The summed E-state index contributed by atoms with van der Waals surface area (Å²) < 4.78 is 10.3. The summed E-state index contributed by atoms with van der Waals surface area (Å²) in [5.74, 6) is 1.78. The lowest BCUT2D eigenvalue weighted by atomic mass is 10.2. The highest BCUT2D eigenvalue weighted by Crippen LogP contribution is 2.12. The fraction of sp³-hybridized carbons (Fsp3) is 0.611. The van der Waals surface area contributed by atoms with E-state index in [1.165, 1.54) is 5.56 Å². The van der Waals surface area contributed by atoms with Crippen LogP contribution in [0.1, 0.15) is 12.0 Å². The van der Waals surface area contributed by atoms with Crippen molar-refractivity contribution >= 4 is 5.96 Å². The van der Waals surface area contributed by atoms with Crippen molar-refractivity contribution in [2.45, 2.75) is 13.0 Å². The predicted molar refractivity (Wildman–Crippen MR) is 99.8 cm³/mol. The zero-order chi connectivity index (χ0) is 17.8. The first-order valence-electron chi connectivity index (χ1n) is 8.33. The number of methoxy groups -OCH3 is 2. The normalized spacial score (nSPS) is 11.7. The summed E-state index contributed by atoms with van der Waals surface area (Å²) in [6, 6.07) is 8.12. The number of nitrogens with zero attached hydrogens (tertiary/aromatic N) is 3. The van der Waals surface area contributed by atoms with Crippen molar-refractivity contribution in [3.05, 3.63) is 29.8 Å². The average Bonchev–Trinajstić information content (AvgIpc) is 2.60. The third-order valence-electron chi connectivity index (χ3n) is 3.83. The Bertz CT molecular complexity index is 476. The van der Waals surface area contributed by atoms with Crippen LogP contribution in [0.2, 0.25) is 0 Å². The molecule has 0 spiro atoms. The van der Waals surface area contributed by atoms with Crippen molar-refractivity contribution in [3.63, 3.8) is 0 Å². The number of guanidine groups is 1. The molecule has 0 fully saturated rings. The highest BCUT2D eigenvalue weighted by atomic mass is 16.5. The summed E-state index contributed by atoms with van der Waals surface area (Å²) in [4.78, 5) is 8.75. The fourth-order valence-corrected chi connectivity index (χ4v) is 2.37. The topological polar surface area (TPSA) is 49.3 Å². The predicted octanol–water partition coefficient (Wildman–Crippen LogP) is 1.67. The molecule has 0 bridgehead atoms. The SMILES string of the molecule is CN=C(NCCCN(C)CCOC)N(C)Cc1ccc(OC)cc1. The van der Waals surface area contributed by atoms with E-state index in [-0.39, 0.29) is 0 Å². The molecule has 0 saturated carbocycles. The van der Waals surface area contributed by atoms with Crippen molar-refractivity contribution in [3.8, 4) is 5.75 Å². The number of hydrogen-bond donors (Lipinski definition) is 1. The van der Waals surface area contributed by atoms with E-state index < -0.39 is 0 Å². The standard InChI is InChI=1S/C18H32N4O2/c1-19-18(20-11-6-12-21(2)13-14-23-4)22(3)15-16-7-9-17(24-5)10-8-16/h7-10H,6,11-15H2,1-5H3,(H,19,20). The lowest BCUT2D eigenvalue weighted by Gasteiger charge is -2.23. The fourth-order valence-electron chi connectivity index (χ4n) is 2.37. The van der Waals surface area contributed by atoms with Crippen LogP contribution in [-0.2, 0) is 11.3 Å². The molecule has 1 rings (SSSR count). The molecular weight excluding hydrogens is 304 g/mol. The number of nitrogens with one attached hydrogen (secondary N) is 1. The second kappa shape index (κ2) is 11.7. The van der Waals surface area contributed by atoms with Crippen molar-refractivity contribution < 1.29 is 9.47 Å². The Balaban J connectivity index is 2.34. The first kappa shape index (κ1) is 20.3. The Morgan fingerprint density at radius 1 is 1.12 bits per heavy atom. The maximum atomic E-state index is 5.19. The Labute approximate surface area is 146 Å². The zero-order valence-corrected chi connectivity index (χ0v) is 15.7. The van der Waals surface area contributed by atoms with Gasteiger partial charge in [-0.15, -0.1) is 0 Å². The van der Waals surface area contributed by atoms with E-state index in [0.717, 1.165) is 50.9 Å². The first-order chi connectivity index (χ1) is 11.6. The average molecular weight is 336 g/mol. The zero-order valence-electron chi connectivity index (χ0n) is 15.7. The van der Waals surface area contributed by atoms with Gasteiger partial charge < -0.3 is 24.6 Å². The lowest BCUT2D eigenvalue weighted by molar-refractivity contribution is 0.161. The monoisotopic (exact) mass is 336 g/mol.